The van der Waals surface area contributed by atoms with Crippen molar-refractivity contribution < 1.29 is 0 Å². The molecule has 0 unspecified atom stereocenters. The highest BCUT2D eigenvalue weighted by molar-refractivity contribution is 9.11. The van der Waals surface area contributed by atoms with Gasteiger partial charge in [-0.15, -0.1) is 0 Å². The SMILES string of the molecule is Cc1cnc(Nc2ccc(C#N)cc2)nc1Nc1c(Br)cc(C(C)C)cc1Br. The second-order valence-electron chi connectivity index (χ2n) is 6.68. The second-order valence-corrected chi connectivity index (χ2v) is 8.39. The van der Waals surface area contributed by atoms with Gasteiger partial charge in [0.25, 0.3) is 0 Å². The molecule has 142 valence electrons. The van der Waals surface area contributed by atoms with Crippen molar-refractivity contribution in [3.8, 4) is 6.07 Å². The third kappa shape index (κ3) is 4.70. The van der Waals surface area contributed by atoms with Crippen LogP contribution in [0.3, 0.4) is 0 Å². The molecule has 3 rings (SSSR count). The zero-order valence-electron chi connectivity index (χ0n) is 15.7. The standard InChI is InChI=1S/C21H19Br2N5/c1-12(2)15-8-17(22)19(18(23)9-15)27-20-13(3)11-25-21(28-20)26-16-6-4-14(10-24)5-7-16/h4-9,11-12H,1-3H3,(H2,25,26,27,28). The molecule has 2 N–H and O–H groups in total. The highest BCUT2D eigenvalue weighted by Crippen LogP contribution is 2.36. The first-order chi connectivity index (χ1) is 13.4. The van der Waals surface area contributed by atoms with Crippen molar-refractivity contribution in [3.05, 3.63) is 68.2 Å². The average Bonchev–Trinajstić information content (AvgIpc) is 2.67. The Morgan fingerprint density at radius 3 is 2.25 bits per heavy atom. The topological polar surface area (TPSA) is 73.6 Å². The van der Waals surface area contributed by atoms with E-state index in [4.69, 9.17) is 5.26 Å². The number of rotatable bonds is 5. The minimum atomic E-state index is 0.436. The van der Waals surface area contributed by atoms with Crippen LogP contribution in [0.2, 0.25) is 0 Å². The van der Waals surface area contributed by atoms with Gasteiger partial charge in [-0.2, -0.15) is 10.2 Å². The van der Waals surface area contributed by atoms with E-state index >= 15 is 0 Å². The third-order valence-corrected chi connectivity index (χ3v) is 5.47. The highest BCUT2D eigenvalue weighted by atomic mass is 79.9. The van der Waals surface area contributed by atoms with E-state index in [2.05, 4.69) is 84.5 Å². The van der Waals surface area contributed by atoms with Crippen molar-refractivity contribution in [2.24, 2.45) is 0 Å². The van der Waals surface area contributed by atoms with E-state index in [1.165, 1.54) is 5.56 Å². The molecular formula is C21H19Br2N5. The smallest absolute Gasteiger partial charge is 0.229 e. The molecule has 1 aromatic heterocycles. The van der Waals surface area contributed by atoms with Gasteiger partial charge in [-0.25, -0.2) is 4.98 Å². The summed E-state index contributed by atoms with van der Waals surface area (Å²) in [6.07, 6.45) is 1.77. The molecule has 0 aliphatic rings. The molecule has 0 aliphatic heterocycles. The molecule has 7 heteroatoms. The van der Waals surface area contributed by atoms with E-state index in [1.807, 2.05) is 19.1 Å². The normalized spacial score (nSPS) is 10.6. The number of nitrogens with one attached hydrogen (secondary N) is 2. The molecule has 0 spiro atoms. The Kier molecular flexibility index (Phi) is 6.32. The molecule has 28 heavy (non-hydrogen) atoms. The van der Waals surface area contributed by atoms with E-state index in [9.17, 15) is 0 Å². The summed E-state index contributed by atoms with van der Waals surface area (Å²) in [5, 5.41) is 15.5. The maximum absolute atomic E-state index is 8.91. The van der Waals surface area contributed by atoms with Crippen LogP contribution in [0.4, 0.5) is 23.1 Å². The Hall–Kier alpha value is -2.43. The molecule has 0 amide bonds. The summed E-state index contributed by atoms with van der Waals surface area (Å²) in [4.78, 5) is 8.96. The van der Waals surface area contributed by atoms with Gasteiger partial charge in [-0.3, -0.25) is 0 Å². The van der Waals surface area contributed by atoms with Crippen LogP contribution in [-0.4, -0.2) is 9.97 Å². The Labute approximate surface area is 181 Å². The summed E-state index contributed by atoms with van der Waals surface area (Å²) in [6.45, 7) is 6.28. The Bertz CT molecular complexity index is 1020. The van der Waals surface area contributed by atoms with Crippen LogP contribution in [0, 0.1) is 18.3 Å². The molecule has 0 radical (unpaired) electrons. The van der Waals surface area contributed by atoms with Crippen molar-refractivity contribution in [1.29, 1.82) is 5.26 Å². The monoisotopic (exact) mass is 499 g/mol. The third-order valence-electron chi connectivity index (χ3n) is 4.22. The number of halogens is 2. The van der Waals surface area contributed by atoms with Crippen molar-refractivity contribution in [3.63, 3.8) is 0 Å². The maximum atomic E-state index is 8.91. The number of hydrogen-bond acceptors (Lipinski definition) is 5. The van der Waals surface area contributed by atoms with Crippen molar-refractivity contribution in [2.45, 2.75) is 26.7 Å². The molecule has 0 bridgehead atoms. The number of benzene rings is 2. The summed E-state index contributed by atoms with van der Waals surface area (Å²) < 4.78 is 1.93. The first-order valence-corrected chi connectivity index (χ1v) is 10.3. The Balaban J connectivity index is 1.87. The van der Waals surface area contributed by atoms with E-state index in [0.717, 1.165) is 25.9 Å². The molecular weight excluding hydrogens is 482 g/mol. The van der Waals surface area contributed by atoms with Gasteiger partial charge in [0.1, 0.15) is 5.82 Å². The summed E-state index contributed by atoms with van der Waals surface area (Å²) in [7, 11) is 0. The zero-order chi connectivity index (χ0) is 20.3. The van der Waals surface area contributed by atoms with Gasteiger partial charge in [0.2, 0.25) is 5.95 Å². The number of nitriles is 1. The highest BCUT2D eigenvalue weighted by Gasteiger charge is 2.12. The summed E-state index contributed by atoms with van der Waals surface area (Å²) in [5.74, 6) is 1.62. The summed E-state index contributed by atoms with van der Waals surface area (Å²) in [5.41, 5.74) is 4.51. The van der Waals surface area contributed by atoms with E-state index in [0.29, 0.717) is 23.2 Å². The van der Waals surface area contributed by atoms with Crippen LogP contribution in [0.5, 0.6) is 0 Å². The van der Waals surface area contributed by atoms with Crippen molar-refractivity contribution in [2.75, 3.05) is 10.6 Å². The predicted octanol–water partition coefficient (Wildman–Crippen LogP) is 6.79. The first-order valence-electron chi connectivity index (χ1n) is 8.74. The van der Waals surface area contributed by atoms with E-state index < -0.39 is 0 Å². The number of hydrogen-bond donors (Lipinski definition) is 2. The fraction of sp³-hybridized carbons (Fsp3) is 0.190. The van der Waals surface area contributed by atoms with Gasteiger partial charge in [0, 0.05) is 26.4 Å². The fourth-order valence-corrected chi connectivity index (χ4v) is 3.97. The van der Waals surface area contributed by atoms with Crippen LogP contribution in [-0.2, 0) is 0 Å². The van der Waals surface area contributed by atoms with E-state index in [-0.39, 0.29) is 0 Å². The van der Waals surface area contributed by atoms with Gasteiger partial charge in [-0.1, -0.05) is 13.8 Å². The molecule has 0 fully saturated rings. The maximum Gasteiger partial charge on any atom is 0.229 e. The number of anilines is 4. The molecule has 0 saturated carbocycles. The zero-order valence-corrected chi connectivity index (χ0v) is 18.9. The number of aromatic nitrogens is 2. The van der Waals surface area contributed by atoms with E-state index in [1.54, 1.807) is 18.3 Å². The molecule has 3 aromatic rings. The van der Waals surface area contributed by atoms with Crippen LogP contribution in [0.15, 0.2) is 51.5 Å². The van der Waals surface area contributed by atoms with Crippen molar-refractivity contribution >= 4 is 55.0 Å². The molecule has 5 nitrogen and oxygen atoms in total. The van der Waals surface area contributed by atoms with Gasteiger partial charge in [0.15, 0.2) is 0 Å². The van der Waals surface area contributed by atoms with Gasteiger partial charge >= 0.3 is 0 Å². The molecule has 2 aromatic carbocycles. The molecule has 0 saturated heterocycles. The van der Waals surface area contributed by atoms with Crippen LogP contribution < -0.4 is 10.6 Å². The lowest BCUT2D eigenvalue weighted by Crippen LogP contribution is -2.04. The Morgan fingerprint density at radius 1 is 1.04 bits per heavy atom. The lowest BCUT2D eigenvalue weighted by atomic mass is 10.0. The Morgan fingerprint density at radius 2 is 1.68 bits per heavy atom. The minimum Gasteiger partial charge on any atom is -0.338 e. The minimum absolute atomic E-state index is 0.436. The van der Waals surface area contributed by atoms with Gasteiger partial charge < -0.3 is 10.6 Å². The summed E-state index contributed by atoms with van der Waals surface area (Å²) in [6, 6.07) is 13.5. The van der Waals surface area contributed by atoms with Gasteiger partial charge in [-0.05, 0) is 86.7 Å². The number of nitrogens with zero attached hydrogens (tertiary/aromatic N) is 3. The molecule has 0 aliphatic carbocycles. The van der Waals surface area contributed by atoms with Crippen LogP contribution in [0.1, 0.15) is 36.5 Å². The molecule has 1 heterocycles. The summed E-state index contributed by atoms with van der Waals surface area (Å²) >= 11 is 7.31. The average molecular weight is 501 g/mol. The van der Waals surface area contributed by atoms with Crippen LogP contribution >= 0.6 is 31.9 Å². The number of aryl methyl sites for hydroxylation is 1. The molecule has 0 atom stereocenters. The largest absolute Gasteiger partial charge is 0.338 e. The van der Waals surface area contributed by atoms with Gasteiger partial charge in [0.05, 0.1) is 17.3 Å². The quantitative estimate of drug-likeness (QED) is 0.403. The van der Waals surface area contributed by atoms with Crippen LogP contribution in [0.25, 0.3) is 0 Å². The first kappa shape index (κ1) is 20.3. The lowest BCUT2D eigenvalue weighted by Gasteiger charge is -2.16. The lowest BCUT2D eigenvalue weighted by molar-refractivity contribution is 0.865. The predicted molar refractivity (Wildman–Crippen MR) is 120 cm³/mol. The van der Waals surface area contributed by atoms with Crippen molar-refractivity contribution in [1.82, 2.24) is 9.97 Å². The second kappa shape index (κ2) is 8.72. The fourth-order valence-electron chi connectivity index (χ4n) is 2.55.